The summed E-state index contributed by atoms with van der Waals surface area (Å²) < 4.78 is 6.29. The van der Waals surface area contributed by atoms with Crippen LogP contribution in [0.4, 0.5) is 0 Å². The van der Waals surface area contributed by atoms with Crippen LogP contribution < -0.4 is 10.1 Å². The van der Waals surface area contributed by atoms with Crippen LogP contribution in [0.25, 0.3) is 10.8 Å². The van der Waals surface area contributed by atoms with Gasteiger partial charge < -0.3 is 15.0 Å². The Morgan fingerprint density at radius 1 is 0.943 bits per heavy atom. The first-order valence-corrected chi connectivity index (χ1v) is 13.1. The summed E-state index contributed by atoms with van der Waals surface area (Å²) in [5.74, 6) is 0.780. The monoisotopic (exact) mass is 471 g/mol. The van der Waals surface area contributed by atoms with Crippen LogP contribution in [0.15, 0.2) is 66.7 Å². The van der Waals surface area contributed by atoms with Crippen LogP contribution in [0, 0.1) is 0 Å². The molecule has 2 aliphatic rings. The van der Waals surface area contributed by atoms with Gasteiger partial charge in [-0.15, -0.1) is 0 Å². The second kappa shape index (κ2) is 11.2. The number of benzene rings is 3. The molecule has 0 aromatic heterocycles. The minimum Gasteiger partial charge on any atom is -0.490 e. The molecule has 3 aromatic rings. The van der Waals surface area contributed by atoms with Crippen molar-refractivity contribution >= 4 is 16.7 Å². The fourth-order valence-corrected chi connectivity index (χ4v) is 5.48. The molecule has 0 saturated carbocycles. The Labute approximate surface area is 209 Å². The summed E-state index contributed by atoms with van der Waals surface area (Å²) in [6.07, 6.45) is 5.70. The normalized spacial score (nSPS) is 19.7. The van der Waals surface area contributed by atoms with E-state index in [1.165, 1.54) is 35.7 Å². The molecular weight excluding hydrogens is 434 g/mol. The average Bonchev–Trinajstić information content (AvgIpc) is 3.30. The molecular formula is C30H37N3O2. The van der Waals surface area contributed by atoms with Gasteiger partial charge in [0, 0.05) is 37.8 Å². The molecule has 0 bridgehead atoms. The maximum Gasteiger partial charge on any atom is 0.251 e. The van der Waals surface area contributed by atoms with E-state index >= 15 is 0 Å². The van der Waals surface area contributed by atoms with E-state index in [1.54, 1.807) is 0 Å². The summed E-state index contributed by atoms with van der Waals surface area (Å²) in [6.45, 7) is 4.90. The van der Waals surface area contributed by atoms with Gasteiger partial charge >= 0.3 is 0 Å². The van der Waals surface area contributed by atoms with E-state index in [1.807, 2.05) is 24.3 Å². The Hall–Kier alpha value is -2.89. The van der Waals surface area contributed by atoms with Crippen molar-refractivity contribution in [2.24, 2.45) is 0 Å². The number of ether oxygens (including phenoxy) is 1. The first-order valence-electron chi connectivity index (χ1n) is 13.1. The molecule has 0 aliphatic carbocycles. The highest BCUT2D eigenvalue weighted by molar-refractivity contribution is 5.94. The van der Waals surface area contributed by atoms with Crippen molar-refractivity contribution < 1.29 is 9.53 Å². The maximum atomic E-state index is 12.7. The number of hydrogen-bond donors (Lipinski definition) is 1. The molecule has 1 N–H and O–H groups in total. The topological polar surface area (TPSA) is 44.8 Å². The van der Waals surface area contributed by atoms with Gasteiger partial charge in [0.05, 0.1) is 0 Å². The molecule has 5 heteroatoms. The van der Waals surface area contributed by atoms with Crippen molar-refractivity contribution in [2.45, 2.75) is 50.8 Å². The fraction of sp³-hybridized carbons (Fsp3) is 0.433. The molecule has 1 atom stereocenters. The number of piperidine rings is 1. The zero-order chi connectivity index (χ0) is 24.0. The van der Waals surface area contributed by atoms with E-state index in [0.29, 0.717) is 18.2 Å². The minimum absolute atomic E-state index is 0.0127. The largest absolute Gasteiger partial charge is 0.490 e. The number of hydrogen-bond acceptors (Lipinski definition) is 4. The Balaban J connectivity index is 1.08. The van der Waals surface area contributed by atoms with Crippen LogP contribution in [-0.2, 0) is 6.54 Å². The third kappa shape index (κ3) is 6.22. The second-order valence-electron chi connectivity index (χ2n) is 10.1. The van der Waals surface area contributed by atoms with Crippen molar-refractivity contribution in [3.8, 4) is 5.75 Å². The SMILES string of the molecule is CN1CCCC1CCNC(=O)c1cccc(OC2CCN(Cc3ccc4ccccc4c3)CC2)c1. The lowest BCUT2D eigenvalue weighted by atomic mass is 10.0. The zero-order valence-corrected chi connectivity index (χ0v) is 20.8. The van der Waals surface area contributed by atoms with Crippen LogP contribution in [0.5, 0.6) is 5.75 Å². The lowest BCUT2D eigenvalue weighted by Crippen LogP contribution is -2.37. The highest BCUT2D eigenvalue weighted by Crippen LogP contribution is 2.23. The van der Waals surface area contributed by atoms with Gasteiger partial charge in [0.15, 0.2) is 0 Å². The summed E-state index contributed by atoms with van der Waals surface area (Å²) in [6, 6.07) is 23.5. The molecule has 1 unspecified atom stereocenters. The van der Waals surface area contributed by atoms with E-state index in [2.05, 4.69) is 64.6 Å². The van der Waals surface area contributed by atoms with Crippen molar-refractivity contribution in [3.05, 3.63) is 77.9 Å². The van der Waals surface area contributed by atoms with Gasteiger partial charge in [0.2, 0.25) is 0 Å². The van der Waals surface area contributed by atoms with Crippen LogP contribution in [0.2, 0.25) is 0 Å². The number of amides is 1. The number of nitrogens with one attached hydrogen (secondary N) is 1. The van der Waals surface area contributed by atoms with E-state index in [9.17, 15) is 4.79 Å². The molecule has 0 spiro atoms. The van der Waals surface area contributed by atoms with Crippen molar-refractivity contribution in [3.63, 3.8) is 0 Å². The summed E-state index contributed by atoms with van der Waals surface area (Å²) in [7, 11) is 2.17. The molecule has 5 nitrogen and oxygen atoms in total. The molecule has 0 radical (unpaired) electrons. The third-order valence-electron chi connectivity index (χ3n) is 7.59. The number of fused-ring (bicyclic) bond motifs is 1. The van der Waals surface area contributed by atoms with Crippen molar-refractivity contribution in [2.75, 3.05) is 33.2 Å². The van der Waals surface area contributed by atoms with E-state index in [4.69, 9.17) is 4.74 Å². The van der Waals surface area contributed by atoms with Crippen LogP contribution in [-0.4, -0.2) is 61.1 Å². The summed E-state index contributed by atoms with van der Waals surface area (Å²) >= 11 is 0. The molecule has 1 amide bonds. The number of likely N-dealkylation sites (tertiary alicyclic amines) is 2. The van der Waals surface area contributed by atoms with Gasteiger partial charge in [0.1, 0.15) is 11.9 Å². The first kappa shape index (κ1) is 23.8. The summed E-state index contributed by atoms with van der Waals surface area (Å²) in [4.78, 5) is 17.6. The number of carbonyl (C=O) groups excluding carboxylic acids is 1. The smallest absolute Gasteiger partial charge is 0.251 e. The Morgan fingerprint density at radius 3 is 2.57 bits per heavy atom. The fourth-order valence-electron chi connectivity index (χ4n) is 5.48. The van der Waals surface area contributed by atoms with Gasteiger partial charge in [-0.1, -0.05) is 42.5 Å². The highest BCUT2D eigenvalue weighted by atomic mass is 16.5. The Bertz CT molecular complexity index is 1140. The van der Waals surface area contributed by atoms with Gasteiger partial charge in [-0.05, 0) is 86.3 Å². The molecule has 2 heterocycles. The van der Waals surface area contributed by atoms with E-state index in [0.717, 1.165) is 44.6 Å². The van der Waals surface area contributed by atoms with Gasteiger partial charge in [-0.2, -0.15) is 0 Å². The second-order valence-corrected chi connectivity index (χ2v) is 10.1. The van der Waals surface area contributed by atoms with Gasteiger partial charge in [-0.3, -0.25) is 9.69 Å². The lowest BCUT2D eigenvalue weighted by Gasteiger charge is -2.32. The first-order chi connectivity index (χ1) is 17.1. The van der Waals surface area contributed by atoms with Crippen molar-refractivity contribution in [1.82, 2.24) is 15.1 Å². The van der Waals surface area contributed by atoms with Crippen LogP contribution in [0.3, 0.4) is 0 Å². The third-order valence-corrected chi connectivity index (χ3v) is 7.59. The number of nitrogens with zero attached hydrogens (tertiary/aromatic N) is 2. The maximum absolute atomic E-state index is 12.7. The van der Waals surface area contributed by atoms with Gasteiger partial charge in [0.25, 0.3) is 5.91 Å². The molecule has 2 fully saturated rings. The molecule has 5 rings (SSSR count). The van der Waals surface area contributed by atoms with E-state index in [-0.39, 0.29) is 12.0 Å². The van der Waals surface area contributed by atoms with E-state index < -0.39 is 0 Å². The standard InChI is InChI=1S/C30H37N3O2/c1-32-17-5-9-27(32)13-16-31-30(34)26-8-4-10-29(21-26)35-28-14-18-33(19-15-28)22-23-11-12-24-6-2-3-7-25(24)20-23/h2-4,6-8,10-12,20-21,27-28H,5,9,13-19,22H2,1H3,(H,31,34). The van der Waals surface area contributed by atoms with Gasteiger partial charge in [-0.25, -0.2) is 0 Å². The lowest BCUT2D eigenvalue weighted by molar-refractivity contribution is 0.0934. The summed E-state index contributed by atoms with van der Waals surface area (Å²) in [5.41, 5.74) is 2.04. The molecule has 35 heavy (non-hydrogen) atoms. The molecule has 3 aromatic carbocycles. The van der Waals surface area contributed by atoms with Crippen molar-refractivity contribution in [1.29, 1.82) is 0 Å². The highest BCUT2D eigenvalue weighted by Gasteiger charge is 2.22. The predicted octanol–water partition coefficient (Wildman–Crippen LogP) is 5.10. The number of rotatable bonds is 8. The summed E-state index contributed by atoms with van der Waals surface area (Å²) in [5, 5.41) is 5.69. The predicted molar refractivity (Wildman–Crippen MR) is 142 cm³/mol. The quantitative estimate of drug-likeness (QED) is 0.497. The molecule has 184 valence electrons. The van der Waals surface area contributed by atoms with Crippen LogP contribution >= 0.6 is 0 Å². The molecule has 2 aliphatic heterocycles. The minimum atomic E-state index is -0.0127. The number of carbonyl (C=O) groups is 1. The zero-order valence-electron chi connectivity index (χ0n) is 20.8. The average molecular weight is 472 g/mol. The van der Waals surface area contributed by atoms with Crippen LogP contribution in [0.1, 0.15) is 48.0 Å². The Kier molecular flexibility index (Phi) is 7.65. The Morgan fingerprint density at radius 2 is 1.77 bits per heavy atom. The molecule has 2 saturated heterocycles.